The van der Waals surface area contributed by atoms with Crippen LogP contribution in [0.1, 0.15) is 31.5 Å². The van der Waals surface area contributed by atoms with Crippen molar-refractivity contribution in [3.8, 4) is 0 Å². The predicted molar refractivity (Wildman–Crippen MR) is 108 cm³/mol. The molecule has 0 fully saturated rings. The molecule has 2 amide bonds. The molecule has 144 valence electrons. The number of aromatic nitrogens is 1. The van der Waals surface area contributed by atoms with E-state index in [0.29, 0.717) is 27.8 Å². The second-order valence-corrected chi connectivity index (χ2v) is 7.51. The molecule has 7 heteroatoms. The van der Waals surface area contributed by atoms with E-state index in [1.807, 2.05) is 31.2 Å². The zero-order valence-electron chi connectivity index (χ0n) is 15.6. The predicted octanol–water partition coefficient (Wildman–Crippen LogP) is 4.01. The Morgan fingerprint density at radius 3 is 2.57 bits per heavy atom. The summed E-state index contributed by atoms with van der Waals surface area (Å²) in [6, 6.07) is 13.5. The third-order valence-corrected chi connectivity index (χ3v) is 5.18. The molecule has 28 heavy (non-hydrogen) atoms. The normalized spacial score (nSPS) is 10.5. The summed E-state index contributed by atoms with van der Waals surface area (Å²) in [6.07, 6.45) is 0.0496. The standard InChI is InChI=1S/C21H20FN3O2S/c1-13-4-3-5-15(10-13)12-23-21(27)20-14(2)24-19(28-20)11-18(26)25-17-8-6-16(22)7-9-17/h3-10H,11-12H2,1-2H3,(H,23,27)(H,25,26). The first-order valence-electron chi connectivity index (χ1n) is 8.76. The molecule has 0 aliphatic heterocycles. The van der Waals surface area contributed by atoms with Gasteiger partial charge in [-0.25, -0.2) is 9.37 Å². The maximum atomic E-state index is 12.9. The number of carbonyl (C=O) groups excluding carboxylic acids is 2. The highest BCUT2D eigenvalue weighted by atomic mass is 32.1. The van der Waals surface area contributed by atoms with Crippen molar-refractivity contribution < 1.29 is 14.0 Å². The zero-order chi connectivity index (χ0) is 20.1. The maximum Gasteiger partial charge on any atom is 0.263 e. The number of anilines is 1. The van der Waals surface area contributed by atoms with Crippen LogP contribution in [-0.2, 0) is 17.8 Å². The number of halogens is 1. The number of benzene rings is 2. The average Bonchev–Trinajstić information content (AvgIpc) is 3.02. The fourth-order valence-corrected chi connectivity index (χ4v) is 3.68. The molecule has 0 aliphatic rings. The van der Waals surface area contributed by atoms with E-state index in [0.717, 1.165) is 11.1 Å². The van der Waals surface area contributed by atoms with Crippen molar-refractivity contribution in [1.29, 1.82) is 0 Å². The Labute approximate surface area is 166 Å². The van der Waals surface area contributed by atoms with Gasteiger partial charge in [0.2, 0.25) is 5.91 Å². The molecule has 0 saturated carbocycles. The van der Waals surface area contributed by atoms with Crippen LogP contribution in [-0.4, -0.2) is 16.8 Å². The van der Waals surface area contributed by atoms with E-state index in [-0.39, 0.29) is 24.1 Å². The number of thiazole rings is 1. The monoisotopic (exact) mass is 397 g/mol. The highest BCUT2D eigenvalue weighted by molar-refractivity contribution is 7.13. The number of rotatable bonds is 6. The lowest BCUT2D eigenvalue weighted by atomic mass is 10.1. The van der Waals surface area contributed by atoms with Gasteiger partial charge in [0.25, 0.3) is 5.91 Å². The van der Waals surface area contributed by atoms with E-state index in [2.05, 4.69) is 15.6 Å². The van der Waals surface area contributed by atoms with Crippen LogP contribution in [0.4, 0.5) is 10.1 Å². The molecule has 3 rings (SSSR count). The smallest absolute Gasteiger partial charge is 0.263 e. The molecule has 5 nitrogen and oxygen atoms in total. The fourth-order valence-electron chi connectivity index (χ4n) is 2.70. The van der Waals surface area contributed by atoms with Crippen molar-refractivity contribution in [2.24, 2.45) is 0 Å². The van der Waals surface area contributed by atoms with E-state index >= 15 is 0 Å². The molecule has 3 aromatic rings. The molecular formula is C21H20FN3O2S. The topological polar surface area (TPSA) is 71.1 Å². The van der Waals surface area contributed by atoms with Gasteiger partial charge >= 0.3 is 0 Å². The van der Waals surface area contributed by atoms with E-state index < -0.39 is 0 Å². The SMILES string of the molecule is Cc1cccc(CNC(=O)c2sc(CC(=O)Nc3ccc(F)cc3)nc2C)c1. The number of amides is 2. The molecule has 2 aromatic carbocycles. The van der Waals surface area contributed by atoms with Gasteiger partial charge in [-0.15, -0.1) is 11.3 Å². The molecule has 0 bridgehead atoms. The number of nitrogens with one attached hydrogen (secondary N) is 2. The quantitative estimate of drug-likeness (QED) is 0.660. The van der Waals surface area contributed by atoms with Gasteiger partial charge in [-0.05, 0) is 43.7 Å². The van der Waals surface area contributed by atoms with Gasteiger partial charge in [-0.1, -0.05) is 29.8 Å². The number of carbonyl (C=O) groups is 2. The molecule has 1 aromatic heterocycles. The summed E-state index contributed by atoms with van der Waals surface area (Å²) in [7, 11) is 0. The van der Waals surface area contributed by atoms with E-state index in [1.165, 1.54) is 35.6 Å². The Morgan fingerprint density at radius 2 is 1.86 bits per heavy atom. The number of aryl methyl sites for hydroxylation is 2. The molecule has 2 N–H and O–H groups in total. The Hall–Kier alpha value is -3.06. The van der Waals surface area contributed by atoms with E-state index in [1.54, 1.807) is 6.92 Å². The van der Waals surface area contributed by atoms with Crippen LogP contribution in [0.3, 0.4) is 0 Å². The van der Waals surface area contributed by atoms with Gasteiger partial charge < -0.3 is 10.6 Å². The lowest BCUT2D eigenvalue weighted by Crippen LogP contribution is -2.22. The third kappa shape index (κ3) is 5.23. The summed E-state index contributed by atoms with van der Waals surface area (Å²) in [4.78, 5) is 29.5. The van der Waals surface area contributed by atoms with Crippen LogP contribution >= 0.6 is 11.3 Å². The van der Waals surface area contributed by atoms with E-state index in [9.17, 15) is 14.0 Å². The van der Waals surface area contributed by atoms with Crippen LogP contribution in [0.5, 0.6) is 0 Å². The second kappa shape index (κ2) is 8.75. The lowest BCUT2D eigenvalue weighted by Gasteiger charge is -2.05. The van der Waals surface area contributed by atoms with Crippen molar-refractivity contribution in [1.82, 2.24) is 10.3 Å². The number of hydrogen-bond donors (Lipinski definition) is 2. The maximum absolute atomic E-state index is 12.9. The molecule has 0 atom stereocenters. The Kier molecular flexibility index (Phi) is 6.16. The van der Waals surface area contributed by atoms with Crippen LogP contribution in [0, 0.1) is 19.7 Å². The van der Waals surface area contributed by atoms with Gasteiger partial charge in [-0.2, -0.15) is 0 Å². The minimum Gasteiger partial charge on any atom is -0.347 e. The zero-order valence-corrected chi connectivity index (χ0v) is 16.4. The van der Waals surface area contributed by atoms with E-state index in [4.69, 9.17) is 0 Å². The minimum absolute atomic E-state index is 0.0496. The summed E-state index contributed by atoms with van der Waals surface area (Å²) < 4.78 is 12.9. The van der Waals surface area contributed by atoms with Crippen LogP contribution in [0.25, 0.3) is 0 Å². The molecule has 1 heterocycles. The number of nitrogens with zero attached hydrogens (tertiary/aromatic N) is 1. The van der Waals surface area contributed by atoms with Crippen molar-refractivity contribution in [2.75, 3.05) is 5.32 Å². The Balaban J connectivity index is 1.59. The van der Waals surface area contributed by atoms with Gasteiger partial charge in [0.1, 0.15) is 15.7 Å². The van der Waals surface area contributed by atoms with Gasteiger partial charge in [0.05, 0.1) is 12.1 Å². The highest BCUT2D eigenvalue weighted by Gasteiger charge is 2.17. The molecule has 0 radical (unpaired) electrons. The first-order chi connectivity index (χ1) is 13.4. The summed E-state index contributed by atoms with van der Waals surface area (Å²) in [5.41, 5.74) is 3.26. The summed E-state index contributed by atoms with van der Waals surface area (Å²) >= 11 is 1.20. The summed E-state index contributed by atoms with van der Waals surface area (Å²) in [5, 5.41) is 6.13. The van der Waals surface area contributed by atoms with Gasteiger partial charge in [0.15, 0.2) is 0 Å². The summed E-state index contributed by atoms with van der Waals surface area (Å²) in [5.74, 6) is -0.844. The van der Waals surface area contributed by atoms with Crippen LogP contribution < -0.4 is 10.6 Å². The molecule has 0 saturated heterocycles. The average molecular weight is 397 g/mol. The fraction of sp³-hybridized carbons (Fsp3) is 0.190. The van der Waals surface area contributed by atoms with Crippen LogP contribution in [0.15, 0.2) is 48.5 Å². The highest BCUT2D eigenvalue weighted by Crippen LogP contribution is 2.19. The first-order valence-corrected chi connectivity index (χ1v) is 9.58. The van der Waals surface area contributed by atoms with Crippen LogP contribution in [0.2, 0.25) is 0 Å². The molecule has 0 spiro atoms. The first kappa shape index (κ1) is 19.7. The molecule has 0 unspecified atom stereocenters. The Bertz CT molecular complexity index is 999. The number of hydrogen-bond acceptors (Lipinski definition) is 4. The second-order valence-electron chi connectivity index (χ2n) is 6.43. The van der Waals surface area contributed by atoms with Gasteiger partial charge in [-0.3, -0.25) is 9.59 Å². The van der Waals surface area contributed by atoms with Crippen molar-refractivity contribution in [3.63, 3.8) is 0 Å². The largest absolute Gasteiger partial charge is 0.347 e. The van der Waals surface area contributed by atoms with Crippen molar-refractivity contribution in [3.05, 3.63) is 81.1 Å². The molecule has 0 aliphatic carbocycles. The Morgan fingerprint density at radius 1 is 1.11 bits per heavy atom. The third-order valence-electron chi connectivity index (χ3n) is 4.02. The lowest BCUT2D eigenvalue weighted by molar-refractivity contribution is -0.115. The van der Waals surface area contributed by atoms with Crippen molar-refractivity contribution in [2.45, 2.75) is 26.8 Å². The minimum atomic E-state index is -0.366. The van der Waals surface area contributed by atoms with Crippen molar-refractivity contribution >= 4 is 28.8 Å². The molecular weight excluding hydrogens is 377 g/mol. The van der Waals surface area contributed by atoms with Gasteiger partial charge in [0, 0.05) is 12.2 Å². The summed E-state index contributed by atoms with van der Waals surface area (Å²) in [6.45, 7) is 4.18.